The van der Waals surface area contributed by atoms with Crippen LogP contribution in [0.4, 0.5) is 14.5 Å². The highest BCUT2D eigenvalue weighted by Crippen LogP contribution is 2.32. The summed E-state index contributed by atoms with van der Waals surface area (Å²) in [5, 5.41) is 7.42. The third kappa shape index (κ3) is 4.58. The van der Waals surface area contributed by atoms with Crippen LogP contribution in [0.15, 0.2) is 71.1 Å². The van der Waals surface area contributed by atoms with Gasteiger partial charge in [0.05, 0.1) is 23.3 Å². The standard InChI is InChI=1S/C26H16ClF2N3O3S/c1-34-23-9-14-5-3-2-4-13(14)8-17(23)24(33)32-26(36)30-15-6-7-22-21(10-15)31-25(35-22)16-11-19(28)20(29)12-18(16)27/h2-12H,1H3,(H2,30,32,33,36). The average Bonchev–Trinajstić information content (AvgIpc) is 3.28. The summed E-state index contributed by atoms with van der Waals surface area (Å²) in [6, 6.07) is 17.8. The zero-order chi connectivity index (χ0) is 25.4. The van der Waals surface area contributed by atoms with Crippen LogP contribution >= 0.6 is 23.8 Å². The number of halogens is 3. The van der Waals surface area contributed by atoms with Crippen molar-refractivity contribution in [3.05, 3.63) is 89.0 Å². The van der Waals surface area contributed by atoms with Crippen LogP contribution in [0.25, 0.3) is 33.3 Å². The number of carbonyl (C=O) groups is 1. The molecule has 0 unspecified atom stereocenters. The van der Waals surface area contributed by atoms with Gasteiger partial charge in [-0.05, 0) is 65.5 Å². The Balaban J connectivity index is 1.35. The van der Waals surface area contributed by atoms with Crippen molar-refractivity contribution in [3.8, 4) is 17.2 Å². The van der Waals surface area contributed by atoms with Crippen molar-refractivity contribution in [2.24, 2.45) is 0 Å². The molecule has 0 aliphatic rings. The molecule has 0 radical (unpaired) electrons. The number of oxazole rings is 1. The lowest BCUT2D eigenvalue weighted by molar-refractivity contribution is 0.0975. The monoisotopic (exact) mass is 523 g/mol. The number of aromatic nitrogens is 1. The highest BCUT2D eigenvalue weighted by molar-refractivity contribution is 7.80. The SMILES string of the molecule is COc1cc2ccccc2cc1C(=O)NC(=S)Nc1ccc2oc(-c3cc(F)c(F)cc3Cl)nc2c1. The molecular weight excluding hydrogens is 508 g/mol. The van der Waals surface area contributed by atoms with Crippen LogP contribution in [0.5, 0.6) is 5.75 Å². The average molecular weight is 524 g/mol. The molecule has 1 amide bonds. The summed E-state index contributed by atoms with van der Waals surface area (Å²) in [7, 11) is 1.49. The van der Waals surface area contributed by atoms with E-state index in [-0.39, 0.29) is 21.6 Å². The van der Waals surface area contributed by atoms with Gasteiger partial charge in [0.1, 0.15) is 11.3 Å². The van der Waals surface area contributed by atoms with E-state index in [1.165, 1.54) is 7.11 Å². The van der Waals surface area contributed by atoms with E-state index in [9.17, 15) is 13.6 Å². The lowest BCUT2D eigenvalue weighted by Crippen LogP contribution is -2.34. The summed E-state index contributed by atoms with van der Waals surface area (Å²) in [5.41, 5.74) is 1.79. The predicted octanol–water partition coefficient (Wildman–Crippen LogP) is 6.72. The van der Waals surface area contributed by atoms with Gasteiger partial charge in [-0.2, -0.15) is 0 Å². The quantitative estimate of drug-likeness (QED) is 0.201. The number of carbonyl (C=O) groups excluding carboxylic acids is 1. The molecule has 0 aliphatic heterocycles. The maximum absolute atomic E-state index is 13.7. The second-order valence-corrected chi connectivity index (χ2v) is 8.57. The minimum Gasteiger partial charge on any atom is -0.496 e. The third-order valence-corrected chi connectivity index (χ3v) is 5.94. The molecule has 36 heavy (non-hydrogen) atoms. The number of rotatable bonds is 4. The molecule has 1 heterocycles. The molecule has 0 atom stereocenters. The van der Waals surface area contributed by atoms with Crippen molar-refractivity contribution < 1.29 is 22.7 Å². The molecule has 6 nitrogen and oxygen atoms in total. The van der Waals surface area contributed by atoms with Crippen LogP contribution in [-0.2, 0) is 0 Å². The van der Waals surface area contributed by atoms with Gasteiger partial charge in [-0.15, -0.1) is 0 Å². The maximum Gasteiger partial charge on any atom is 0.261 e. The second-order valence-electron chi connectivity index (χ2n) is 7.76. The molecule has 0 spiro atoms. The number of amides is 1. The Kier molecular flexibility index (Phi) is 6.26. The van der Waals surface area contributed by atoms with Gasteiger partial charge in [-0.25, -0.2) is 13.8 Å². The lowest BCUT2D eigenvalue weighted by atomic mass is 10.1. The van der Waals surface area contributed by atoms with E-state index in [1.54, 1.807) is 30.3 Å². The smallest absolute Gasteiger partial charge is 0.261 e. The van der Waals surface area contributed by atoms with Gasteiger partial charge in [0.25, 0.3) is 5.91 Å². The Morgan fingerprint density at radius 2 is 1.75 bits per heavy atom. The van der Waals surface area contributed by atoms with Crippen molar-refractivity contribution in [3.63, 3.8) is 0 Å². The van der Waals surface area contributed by atoms with Gasteiger partial charge >= 0.3 is 0 Å². The van der Waals surface area contributed by atoms with Crippen LogP contribution < -0.4 is 15.4 Å². The molecule has 5 aromatic rings. The molecule has 0 bridgehead atoms. The number of methoxy groups -OCH3 is 1. The van der Waals surface area contributed by atoms with Crippen LogP contribution in [0.2, 0.25) is 5.02 Å². The number of nitrogens with one attached hydrogen (secondary N) is 2. The summed E-state index contributed by atoms with van der Waals surface area (Å²) >= 11 is 11.3. The van der Waals surface area contributed by atoms with Gasteiger partial charge in [0, 0.05) is 5.69 Å². The number of thiocarbonyl (C=S) groups is 1. The fourth-order valence-electron chi connectivity index (χ4n) is 3.71. The van der Waals surface area contributed by atoms with E-state index in [2.05, 4.69) is 15.6 Å². The zero-order valence-corrected chi connectivity index (χ0v) is 20.1. The molecular formula is C26H16ClF2N3O3S. The molecule has 10 heteroatoms. The number of nitrogens with zero attached hydrogens (tertiary/aromatic N) is 1. The summed E-state index contributed by atoms with van der Waals surface area (Å²) in [6.07, 6.45) is 0. The van der Waals surface area contributed by atoms with Crippen molar-refractivity contribution in [2.75, 3.05) is 12.4 Å². The fraction of sp³-hybridized carbons (Fsp3) is 0.0385. The summed E-state index contributed by atoms with van der Waals surface area (Å²) < 4.78 is 38.1. The van der Waals surface area contributed by atoms with E-state index >= 15 is 0 Å². The normalized spacial score (nSPS) is 11.0. The lowest BCUT2D eigenvalue weighted by Gasteiger charge is -2.12. The molecule has 5 rings (SSSR count). The Bertz CT molecular complexity index is 1670. The van der Waals surface area contributed by atoms with Gasteiger partial charge in [-0.3, -0.25) is 10.1 Å². The van der Waals surface area contributed by atoms with Gasteiger partial charge in [0.15, 0.2) is 22.3 Å². The topological polar surface area (TPSA) is 76.4 Å². The van der Waals surface area contributed by atoms with E-state index in [0.717, 1.165) is 22.9 Å². The molecule has 0 saturated heterocycles. The van der Waals surface area contributed by atoms with Crippen molar-refractivity contribution in [2.45, 2.75) is 0 Å². The second kappa shape index (κ2) is 9.52. The van der Waals surface area contributed by atoms with Crippen LogP contribution in [0.3, 0.4) is 0 Å². The van der Waals surface area contributed by atoms with Crippen LogP contribution in [0, 0.1) is 11.6 Å². The predicted molar refractivity (Wildman–Crippen MR) is 139 cm³/mol. The first-order chi connectivity index (χ1) is 17.3. The van der Waals surface area contributed by atoms with Crippen molar-refractivity contribution in [1.29, 1.82) is 0 Å². The van der Waals surface area contributed by atoms with Gasteiger partial charge < -0.3 is 14.5 Å². The zero-order valence-electron chi connectivity index (χ0n) is 18.6. The van der Waals surface area contributed by atoms with Crippen molar-refractivity contribution in [1.82, 2.24) is 10.3 Å². The van der Waals surface area contributed by atoms with E-state index in [1.807, 2.05) is 24.3 Å². The largest absolute Gasteiger partial charge is 0.496 e. The van der Waals surface area contributed by atoms with Gasteiger partial charge in [-0.1, -0.05) is 35.9 Å². The highest BCUT2D eigenvalue weighted by atomic mass is 35.5. The summed E-state index contributed by atoms with van der Waals surface area (Å²) in [4.78, 5) is 17.2. The number of fused-ring (bicyclic) bond motifs is 2. The summed E-state index contributed by atoms with van der Waals surface area (Å²) in [5.74, 6) is -2.12. The Morgan fingerprint density at radius 1 is 1.03 bits per heavy atom. The molecule has 0 fully saturated rings. The van der Waals surface area contributed by atoms with Gasteiger partial charge in [0.2, 0.25) is 5.89 Å². The minimum absolute atomic E-state index is 0.0327. The Hall–Kier alpha value is -4.08. The number of hydrogen-bond donors (Lipinski definition) is 2. The number of hydrogen-bond acceptors (Lipinski definition) is 5. The molecule has 4 aromatic carbocycles. The third-order valence-electron chi connectivity index (χ3n) is 5.43. The number of ether oxygens (including phenoxy) is 1. The van der Waals surface area contributed by atoms with E-state index < -0.39 is 17.5 Å². The summed E-state index contributed by atoms with van der Waals surface area (Å²) in [6.45, 7) is 0. The van der Waals surface area contributed by atoms with Crippen molar-refractivity contribution >= 4 is 62.4 Å². The van der Waals surface area contributed by atoms with Crippen LogP contribution in [-0.4, -0.2) is 23.1 Å². The fourth-order valence-corrected chi connectivity index (χ4v) is 4.15. The molecule has 2 N–H and O–H groups in total. The molecule has 0 saturated carbocycles. The maximum atomic E-state index is 13.7. The first-order valence-electron chi connectivity index (χ1n) is 10.6. The first-order valence-corrected chi connectivity index (χ1v) is 11.4. The molecule has 1 aromatic heterocycles. The highest BCUT2D eigenvalue weighted by Gasteiger charge is 2.17. The number of benzene rings is 4. The van der Waals surface area contributed by atoms with E-state index in [4.69, 9.17) is 33.0 Å². The Labute approximate surface area is 213 Å². The van der Waals surface area contributed by atoms with Crippen LogP contribution in [0.1, 0.15) is 10.4 Å². The number of anilines is 1. The minimum atomic E-state index is -1.07. The Morgan fingerprint density at radius 3 is 2.50 bits per heavy atom. The molecule has 0 aliphatic carbocycles. The first kappa shape index (κ1) is 23.7. The van der Waals surface area contributed by atoms with E-state index in [0.29, 0.717) is 28.1 Å². The molecule has 180 valence electrons.